The Morgan fingerprint density at radius 2 is 2.09 bits per heavy atom. The van der Waals surface area contributed by atoms with Crippen LogP contribution in [-0.2, 0) is 4.74 Å². The van der Waals surface area contributed by atoms with Gasteiger partial charge in [0.2, 0.25) is 5.82 Å². The first-order chi connectivity index (χ1) is 10.5. The van der Waals surface area contributed by atoms with Crippen LogP contribution in [0.5, 0.6) is 0 Å². The van der Waals surface area contributed by atoms with Crippen LogP contribution >= 0.6 is 0 Å². The average molecular weight is 313 g/mol. The van der Waals surface area contributed by atoms with Gasteiger partial charge >= 0.3 is 11.7 Å². The molecule has 0 spiro atoms. The van der Waals surface area contributed by atoms with E-state index in [-0.39, 0.29) is 0 Å². The van der Waals surface area contributed by atoms with Crippen LogP contribution < -0.4 is 16.6 Å². The molecule has 1 amide bonds. The van der Waals surface area contributed by atoms with Gasteiger partial charge in [0, 0.05) is 13.7 Å². The van der Waals surface area contributed by atoms with Crippen molar-refractivity contribution in [2.24, 2.45) is 5.92 Å². The summed E-state index contributed by atoms with van der Waals surface area (Å²) in [7, 11) is 1.71. The van der Waals surface area contributed by atoms with Gasteiger partial charge in [-0.05, 0) is 38.0 Å². The maximum absolute atomic E-state index is 13.1. The number of hydrogen-bond acceptors (Lipinski definition) is 4. The smallest absolute Gasteiger partial charge is 0.336 e. The third kappa shape index (κ3) is 4.03. The molecule has 1 aromatic heterocycles. The summed E-state index contributed by atoms with van der Waals surface area (Å²) in [6.07, 6.45) is 5.83. The average Bonchev–Trinajstić information content (AvgIpc) is 2.51. The molecule has 7 nitrogen and oxygen atoms in total. The highest BCUT2D eigenvalue weighted by Crippen LogP contribution is 2.27. The van der Waals surface area contributed by atoms with E-state index in [2.05, 4.69) is 5.32 Å². The van der Waals surface area contributed by atoms with Crippen LogP contribution in [0.15, 0.2) is 15.8 Å². The van der Waals surface area contributed by atoms with Gasteiger partial charge in [-0.3, -0.25) is 9.78 Å². The van der Waals surface area contributed by atoms with E-state index in [1.807, 2.05) is 0 Å². The Hall–Kier alpha value is -1.96. The summed E-state index contributed by atoms with van der Waals surface area (Å²) in [6.45, 7) is 0.397. The maximum atomic E-state index is 13.1. The fraction of sp³-hybridized carbons (Fsp3) is 0.643. The van der Waals surface area contributed by atoms with E-state index in [9.17, 15) is 18.8 Å². The lowest BCUT2D eigenvalue weighted by molar-refractivity contribution is 0.0557. The molecule has 0 saturated heterocycles. The van der Waals surface area contributed by atoms with Crippen molar-refractivity contribution in [2.75, 3.05) is 13.7 Å². The Labute approximate surface area is 126 Å². The summed E-state index contributed by atoms with van der Waals surface area (Å²) in [6, 6.07) is -0.745. The van der Waals surface area contributed by atoms with Crippen LogP contribution in [0.4, 0.5) is 9.18 Å². The molecule has 1 saturated carbocycles. The van der Waals surface area contributed by atoms with E-state index < -0.39 is 23.1 Å². The van der Waals surface area contributed by atoms with E-state index >= 15 is 0 Å². The van der Waals surface area contributed by atoms with Gasteiger partial charge in [0.1, 0.15) is 0 Å². The zero-order valence-corrected chi connectivity index (χ0v) is 12.4. The standard InChI is InChI=1S/C14H20FN3O4/c1-22-10-4-2-9(3-5-10)6-7-16-13(20)18-8-11(15)12(19)17-14(18)21/h8-10H,2-7H2,1H3,(H,16,20)(H,17,19,21). The number of nitrogens with one attached hydrogen (secondary N) is 2. The van der Waals surface area contributed by atoms with Gasteiger partial charge in [0.05, 0.1) is 12.3 Å². The molecule has 0 aliphatic heterocycles. The molecule has 8 heteroatoms. The van der Waals surface area contributed by atoms with E-state index in [1.54, 1.807) is 12.1 Å². The van der Waals surface area contributed by atoms with Crippen LogP contribution in [0.1, 0.15) is 32.1 Å². The highest BCUT2D eigenvalue weighted by molar-refractivity contribution is 5.76. The molecular weight excluding hydrogens is 293 g/mol. The number of amides is 1. The van der Waals surface area contributed by atoms with Crippen LogP contribution in [0.2, 0.25) is 0 Å². The number of rotatable bonds is 4. The number of ether oxygens (including phenoxy) is 1. The number of carbonyl (C=O) groups excluding carboxylic acids is 1. The van der Waals surface area contributed by atoms with E-state index in [4.69, 9.17) is 4.74 Å². The summed E-state index contributed by atoms with van der Waals surface area (Å²) < 4.78 is 18.9. The van der Waals surface area contributed by atoms with Crippen LogP contribution in [0, 0.1) is 11.7 Å². The third-order valence-electron chi connectivity index (χ3n) is 4.07. The minimum atomic E-state index is -1.17. The Bertz CT molecular complexity index is 632. The minimum absolute atomic E-state index is 0.327. The molecule has 2 N–H and O–H groups in total. The maximum Gasteiger partial charge on any atom is 0.336 e. The fourth-order valence-electron chi connectivity index (χ4n) is 2.72. The van der Waals surface area contributed by atoms with Crippen molar-refractivity contribution in [3.63, 3.8) is 0 Å². The summed E-state index contributed by atoms with van der Waals surface area (Å²) >= 11 is 0. The van der Waals surface area contributed by atoms with Crippen molar-refractivity contribution < 1.29 is 13.9 Å². The summed E-state index contributed by atoms with van der Waals surface area (Å²) in [4.78, 5) is 35.9. The Morgan fingerprint density at radius 1 is 1.41 bits per heavy atom. The quantitative estimate of drug-likeness (QED) is 0.861. The van der Waals surface area contributed by atoms with Crippen molar-refractivity contribution in [2.45, 2.75) is 38.2 Å². The number of aromatic nitrogens is 2. The van der Waals surface area contributed by atoms with Crippen LogP contribution in [-0.4, -0.2) is 35.3 Å². The predicted octanol–water partition coefficient (Wildman–Crippen LogP) is 0.829. The molecule has 0 aromatic carbocycles. The van der Waals surface area contributed by atoms with E-state index in [0.29, 0.717) is 29.3 Å². The summed E-state index contributed by atoms with van der Waals surface area (Å²) in [5.41, 5.74) is -2.09. The van der Waals surface area contributed by atoms with Crippen molar-refractivity contribution in [3.05, 3.63) is 32.9 Å². The van der Waals surface area contributed by atoms with Gasteiger partial charge in [-0.25, -0.2) is 14.2 Å². The highest BCUT2D eigenvalue weighted by Gasteiger charge is 2.20. The Balaban J connectivity index is 1.83. The second-order valence-electron chi connectivity index (χ2n) is 5.51. The monoisotopic (exact) mass is 313 g/mol. The number of H-pyrrole nitrogens is 1. The minimum Gasteiger partial charge on any atom is -0.381 e. The Kier molecular flexibility index (Phi) is 5.48. The van der Waals surface area contributed by atoms with Crippen molar-refractivity contribution in [1.82, 2.24) is 14.9 Å². The number of aromatic amines is 1. The number of halogens is 1. The lowest BCUT2D eigenvalue weighted by atomic mass is 9.85. The number of carbonyl (C=O) groups is 1. The SMILES string of the molecule is COC1CCC(CCNC(=O)n2cc(F)c(=O)[nH]c2=O)CC1. The molecule has 0 atom stereocenters. The molecule has 1 heterocycles. The van der Waals surface area contributed by atoms with Gasteiger partial charge in [0.15, 0.2) is 0 Å². The van der Waals surface area contributed by atoms with Gasteiger partial charge in [-0.2, -0.15) is 4.39 Å². The van der Waals surface area contributed by atoms with Gasteiger partial charge < -0.3 is 10.1 Å². The first-order valence-electron chi connectivity index (χ1n) is 7.33. The largest absolute Gasteiger partial charge is 0.381 e. The second-order valence-corrected chi connectivity index (χ2v) is 5.51. The third-order valence-corrected chi connectivity index (χ3v) is 4.07. The molecular formula is C14H20FN3O4. The van der Waals surface area contributed by atoms with Crippen LogP contribution in [0.3, 0.4) is 0 Å². The normalized spacial score (nSPS) is 21.5. The molecule has 1 aromatic rings. The van der Waals surface area contributed by atoms with Crippen molar-refractivity contribution >= 4 is 6.03 Å². The Morgan fingerprint density at radius 3 is 2.73 bits per heavy atom. The molecule has 2 rings (SSSR count). The van der Waals surface area contributed by atoms with E-state index in [0.717, 1.165) is 32.1 Å². The lowest BCUT2D eigenvalue weighted by Crippen LogP contribution is -2.41. The second kappa shape index (κ2) is 7.35. The number of nitrogens with zero attached hydrogens (tertiary/aromatic N) is 1. The number of methoxy groups -OCH3 is 1. The molecule has 0 radical (unpaired) electrons. The van der Waals surface area contributed by atoms with Crippen molar-refractivity contribution in [3.8, 4) is 0 Å². The lowest BCUT2D eigenvalue weighted by Gasteiger charge is -2.27. The molecule has 1 aliphatic rings. The molecule has 1 fully saturated rings. The van der Waals surface area contributed by atoms with Gasteiger partial charge in [0.25, 0.3) is 5.56 Å². The van der Waals surface area contributed by atoms with Crippen molar-refractivity contribution in [1.29, 1.82) is 0 Å². The molecule has 0 bridgehead atoms. The zero-order valence-electron chi connectivity index (χ0n) is 12.4. The molecule has 22 heavy (non-hydrogen) atoms. The molecule has 0 unspecified atom stereocenters. The molecule has 122 valence electrons. The highest BCUT2D eigenvalue weighted by atomic mass is 19.1. The summed E-state index contributed by atoms with van der Waals surface area (Å²) in [5.74, 6) is -0.664. The molecule has 1 aliphatic carbocycles. The van der Waals surface area contributed by atoms with Gasteiger partial charge in [-0.1, -0.05) is 0 Å². The first kappa shape index (κ1) is 16.4. The van der Waals surface area contributed by atoms with E-state index in [1.165, 1.54) is 0 Å². The zero-order chi connectivity index (χ0) is 16.1. The van der Waals surface area contributed by atoms with Gasteiger partial charge in [-0.15, -0.1) is 0 Å². The summed E-state index contributed by atoms with van der Waals surface area (Å²) in [5, 5.41) is 2.56. The predicted molar refractivity (Wildman–Crippen MR) is 77.4 cm³/mol. The number of hydrogen-bond donors (Lipinski definition) is 2. The topological polar surface area (TPSA) is 93.2 Å². The fourth-order valence-corrected chi connectivity index (χ4v) is 2.72. The van der Waals surface area contributed by atoms with Crippen LogP contribution in [0.25, 0.3) is 0 Å². The first-order valence-corrected chi connectivity index (χ1v) is 7.33.